The van der Waals surface area contributed by atoms with Crippen molar-refractivity contribution in [3.05, 3.63) is 38.4 Å². The maximum atomic E-state index is 6.01. The lowest BCUT2D eigenvalue weighted by Gasteiger charge is -2.09. The molecule has 0 bridgehead atoms. The molecule has 0 radical (unpaired) electrons. The number of nitrogen functional groups attached to an aromatic ring is 1. The third kappa shape index (κ3) is 3.11. The van der Waals surface area contributed by atoms with E-state index in [1.165, 1.54) is 0 Å². The SMILES string of the molecule is NNc1ncc(Br)c(Nc2ccc(Br)c(Cl)c2)n1. The second kappa shape index (κ2) is 5.83. The summed E-state index contributed by atoms with van der Waals surface area (Å²) in [6.45, 7) is 0. The van der Waals surface area contributed by atoms with E-state index in [0.29, 0.717) is 16.8 Å². The van der Waals surface area contributed by atoms with Crippen LogP contribution in [0.25, 0.3) is 0 Å². The molecule has 2 aromatic rings. The van der Waals surface area contributed by atoms with E-state index in [9.17, 15) is 0 Å². The van der Waals surface area contributed by atoms with Gasteiger partial charge in [0.15, 0.2) is 0 Å². The van der Waals surface area contributed by atoms with E-state index in [-0.39, 0.29) is 0 Å². The smallest absolute Gasteiger partial charge is 0.239 e. The summed E-state index contributed by atoms with van der Waals surface area (Å²) in [5.74, 6) is 6.18. The van der Waals surface area contributed by atoms with E-state index < -0.39 is 0 Å². The van der Waals surface area contributed by atoms with Crippen LogP contribution < -0.4 is 16.6 Å². The van der Waals surface area contributed by atoms with Gasteiger partial charge in [-0.1, -0.05) is 11.6 Å². The van der Waals surface area contributed by atoms with Crippen LogP contribution in [0.5, 0.6) is 0 Å². The first-order valence-corrected chi connectivity index (χ1v) is 6.78. The van der Waals surface area contributed by atoms with Gasteiger partial charge in [0, 0.05) is 16.4 Å². The molecule has 5 nitrogen and oxygen atoms in total. The minimum atomic E-state index is 0.323. The largest absolute Gasteiger partial charge is 0.339 e. The van der Waals surface area contributed by atoms with Crippen molar-refractivity contribution < 1.29 is 0 Å². The molecule has 0 amide bonds. The van der Waals surface area contributed by atoms with Crippen LogP contribution in [-0.2, 0) is 0 Å². The van der Waals surface area contributed by atoms with Crippen molar-refractivity contribution in [2.24, 2.45) is 5.84 Å². The maximum absolute atomic E-state index is 6.01. The lowest BCUT2D eigenvalue weighted by atomic mass is 10.3. The molecule has 0 unspecified atom stereocenters. The van der Waals surface area contributed by atoms with Crippen molar-refractivity contribution in [1.29, 1.82) is 0 Å². The van der Waals surface area contributed by atoms with Gasteiger partial charge in [0.05, 0.1) is 9.50 Å². The molecule has 8 heteroatoms. The Kier molecular flexibility index (Phi) is 4.39. The van der Waals surface area contributed by atoms with Crippen molar-refractivity contribution in [3.63, 3.8) is 0 Å². The summed E-state index contributed by atoms with van der Waals surface area (Å²) in [6, 6.07) is 5.51. The highest BCUT2D eigenvalue weighted by Gasteiger charge is 2.06. The van der Waals surface area contributed by atoms with Gasteiger partial charge in [0.1, 0.15) is 5.82 Å². The van der Waals surface area contributed by atoms with Gasteiger partial charge in [-0.05, 0) is 50.1 Å². The first kappa shape index (κ1) is 13.5. The summed E-state index contributed by atoms with van der Waals surface area (Å²) in [6.07, 6.45) is 1.60. The predicted molar refractivity (Wildman–Crippen MR) is 80.0 cm³/mol. The molecule has 0 spiro atoms. The molecule has 4 N–H and O–H groups in total. The quantitative estimate of drug-likeness (QED) is 0.548. The first-order valence-electron chi connectivity index (χ1n) is 4.81. The Bertz CT molecular complexity index is 578. The highest BCUT2D eigenvalue weighted by molar-refractivity contribution is 9.11. The lowest BCUT2D eigenvalue weighted by molar-refractivity contribution is 1.11. The van der Waals surface area contributed by atoms with Crippen molar-refractivity contribution in [2.45, 2.75) is 0 Å². The maximum Gasteiger partial charge on any atom is 0.239 e. The molecular weight excluding hydrogens is 385 g/mol. The van der Waals surface area contributed by atoms with Gasteiger partial charge in [-0.2, -0.15) is 4.98 Å². The molecule has 0 aliphatic heterocycles. The number of halogens is 3. The lowest BCUT2D eigenvalue weighted by Crippen LogP contribution is -2.11. The van der Waals surface area contributed by atoms with Crippen molar-refractivity contribution in [1.82, 2.24) is 9.97 Å². The van der Waals surface area contributed by atoms with Gasteiger partial charge in [0.25, 0.3) is 0 Å². The average Bonchev–Trinajstić information content (AvgIpc) is 2.36. The molecule has 1 aromatic heterocycles. The summed E-state index contributed by atoms with van der Waals surface area (Å²) < 4.78 is 1.56. The minimum Gasteiger partial charge on any atom is -0.339 e. The molecule has 1 heterocycles. The highest BCUT2D eigenvalue weighted by Crippen LogP contribution is 2.29. The minimum absolute atomic E-state index is 0.323. The predicted octanol–water partition coefficient (Wildman–Crippen LogP) is 3.68. The summed E-state index contributed by atoms with van der Waals surface area (Å²) in [5, 5.41) is 3.73. The van der Waals surface area contributed by atoms with Crippen molar-refractivity contribution >= 4 is 60.9 Å². The monoisotopic (exact) mass is 391 g/mol. The first-order chi connectivity index (χ1) is 8.60. The molecule has 0 fully saturated rings. The number of nitrogens with zero attached hydrogens (tertiary/aromatic N) is 2. The normalized spacial score (nSPS) is 10.2. The average molecular weight is 393 g/mol. The number of hydrogen-bond donors (Lipinski definition) is 3. The molecule has 0 saturated carbocycles. The highest BCUT2D eigenvalue weighted by atomic mass is 79.9. The van der Waals surface area contributed by atoms with Gasteiger partial charge in [-0.3, -0.25) is 5.43 Å². The van der Waals surface area contributed by atoms with Gasteiger partial charge < -0.3 is 5.32 Å². The van der Waals surface area contributed by atoms with Crippen LogP contribution in [0.4, 0.5) is 17.5 Å². The Morgan fingerprint density at radius 2 is 2.00 bits per heavy atom. The van der Waals surface area contributed by atoms with Crippen molar-refractivity contribution in [2.75, 3.05) is 10.7 Å². The van der Waals surface area contributed by atoms with Crippen LogP contribution in [-0.4, -0.2) is 9.97 Å². The molecule has 94 valence electrons. The molecule has 0 aliphatic rings. The fraction of sp³-hybridized carbons (Fsp3) is 0. The Labute approximate surface area is 125 Å². The molecule has 0 saturated heterocycles. The molecule has 0 atom stereocenters. The zero-order chi connectivity index (χ0) is 13.1. The van der Waals surface area contributed by atoms with Gasteiger partial charge in [-0.15, -0.1) is 0 Å². The van der Waals surface area contributed by atoms with Crippen LogP contribution in [0, 0.1) is 0 Å². The summed E-state index contributed by atoms with van der Waals surface area (Å²) in [5.41, 5.74) is 3.19. The fourth-order valence-electron chi connectivity index (χ4n) is 1.23. The van der Waals surface area contributed by atoms with Gasteiger partial charge in [-0.25, -0.2) is 10.8 Å². The van der Waals surface area contributed by atoms with E-state index in [1.54, 1.807) is 12.3 Å². The number of anilines is 3. The number of hydrazine groups is 1. The van der Waals surface area contributed by atoms with Crippen LogP contribution in [0.15, 0.2) is 33.3 Å². The third-order valence-electron chi connectivity index (χ3n) is 2.06. The van der Waals surface area contributed by atoms with Crippen LogP contribution in [0.1, 0.15) is 0 Å². The van der Waals surface area contributed by atoms with Crippen LogP contribution in [0.3, 0.4) is 0 Å². The summed E-state index contributed by atoms with van der Waals surface area (Å²) in [7, 11) is 0. The summed E-state index contributed by atoms with van der Waals surface area (Å²) in [4.78, 5) is 8.14. The molecule has 18 heavy (non-hydrogen) atoms. The van der Waals surface area contributed by atoms with Crippen molar-refractivity contribution in [3.8, 4) is 0 Å². The Morgan fingerprint density at radius 1 is 1.22 bits per heavy atom. The number of hydrogen-bond acceptors (Lipinski definition) is 5. The topological polar surface area (TPSA) is 75.9 Å². The number of nitrogens with two attached hydrogens (primary N) is 1. The zero-order valence-corrected chi connectivity index (χ0v) is 12.8. The third-order valence-corrected chi connectivity index (χ3v) is 3.87. The molecule has 0 aliphatic carbocycles. The van der Waals surface area contributed by atoms with Crippen LogP contribution >= 0.6 is 43.5 Å². The second-order valence-electron chi connectivity index (χ2n) is 3.29. The summed E-state index contributed by atoms with van der Waals surface area (Å²) >= 11 is 12.7. The molecular formula is C10H8Br2ClN5. The standard InChI is InChI=1S/C10H8Br2ClN5/c11-6-2-1-5(3-8(6)13)16-9-7(12)4-15-10(17-9)18-14/h1-4H,14H2,(H2,15,16,17,18). The number of nitrogens with one attached hydrogen (secondary N) is 2. The Hall–Kier alpha value is -0.890. The molecule has 2 rings (SSSR count). The number of benzene rings is 1. The fourth-order valence-corrected chi connectivity index (χ4v) is 1.95. The van der Waals surface area contributed by atoms with E-state index in [1.807, 2.05) is 12.1 Å². The van der Waals surface area contributed by atoms with Gasteiger partial charge >= 0.3 is 0 Å². The second-order valence-corrected chi connectivity index (χ2v) is 5.40. The van der Waals surface area contributed by atoms with E-state index in [4.69, 9.17) is 17.4 Å². The number of rotatable bonds is 3. The van der Waals surface area contributed by atoms with Gasteiger partial charge in [0.2, 0.25) is 5.95 Å². The van der Waals surface area contributed by atoms with E-state index in [0.717, 1.165) is 14.6 Å². The number of aromatic nitrogens is 2. The van der Waals surface area contributed by atoms with Crippen LogP contribution in [0.2, 0.25) is 5.02 Å². The zero-order valence-electron chi connectivity index (χ0n) is 8.92. The van der Waals surface area contributed by atoms with E-state index in [2.05, 4.69) is 52.6 Å². The molecule has 1 aromatic carbocycles. The van der Waals surface area contributed by atoms with E-state index >= 15 is 0 Å². The Morgan fingerprint density at radius 3 is 2.67 bits per heavy atom. The Balaban J connectivity index is 2.30.